The van der Waals surface area contributed by atoms with Crippen molar-refractivity contribution >= 4 is 35.1 Å². The first kappa shape index (κ1) is 23.3. The highest BCUT2D eigenvalue weighted by Crippen LogP contribution is 2.01. The van der Waals surface area contributed by atoms with E-state index in [1.807, 2.05) is 0 Å². The first-order valence-electron chi connectivity index (χ1n) is 7.78. The monoisotopic (exact) mass is 417 g/mol. The first-order valence-corrected chi connectivity index (χ1v) is 7.78. The zero-order chi connectivity index (χ0) is 22.7. The van der Waals surface area contributed by atoms with E-state index >= 15 is 0 Å². The number of furan rings is 3. The van der Waals surface area contributed by atoms with Crippen molar-refractivity contribution in [3.05, 3.63) is 72.5 Å². The molecule has 0 radical (unpaired) electrons. The average Bonchev–Trinajstić information content (AvgIpc) is 3.49. The SMILES string of the molecule is NC(=O)C(=O)c1ccco1.NC(=O)C(=O)c1ccco1.NC(=O)C(=O)c1ccco1. The molecule has 3 heterocycles. The Morgan fingerprint density at radius 1 is 0.500 bits per heavy atom. The molecule has 3 aromatic heterocycles. The largest absolute Gasteiger partial charge is 0.461 e. The summed E-state index contributed by atoms with van der Waals surface area (Å²) in [4.78, 5) is 62.5. The number of rotatable bonds is 6. The standard InChI is InChI=1S/3C6H5NO3/c3*7-6(9)5(8)4-2-1-3-10-4/h3*1-3H,(H2,7,9). The van der Waals surface area contributed by atoms with Crippen LogP contribution in [0.1, 0.15) is 31.7 Å². The maximum Gasteiger partial charge on any atom is 0.293 e. The molecule has 30 heavy (non-hydrogen) atoms. The van der Waals surface area contributed by atoms with Gasteiger partial charge in [0.1, 0.15) is 0 Å². The third-order valence-corrected chi connectivity index (χ3v) is 2.91. The van der Waals surface area contributed by atoms with Gasteiger partial charge in [-0.15, -0.1) is 0 Å². The van der Waals surface area contributed by atoms with Gasteiger partial charge in [0.15, 0.2) is 17.3 Å². The van der Waals surface area contributed by atoms with Gasteiger partial charge in [0.05, 0.1) is 18.8 Å². The maximum atomic E-state index is 10.6. The summed E-state index contributed by atoms with van der Waals surface area (Å²) in [6, 6.07) is 8.68. The van der Waals surface area contributed by atoms with Crippen LogP contribution in [-0.2, 0) is 14.4 Å². The third-order valence-electron chi connectivity index (χ3n) is 2.91. The fourth-order valence-electron chi connectivity index (χ4n) is 1.59. The van der Waals surface area contributed by atoms with Crippen LogP contribution >= 0.6 is 0 Å². The summed E-state index contributed by atoms with van der Waals surface area (Å²) in [6.07, 6.45) is 3.91. The van der Waals surface area contributed by atoms with Crippen molar-refractivity contribution in [3.8, 4) is 0 Å². The van der Waals surface area contributed by atoms with Crippen molar-refractivity contribution in [1.82, 2.24) is 0 Å². The van der Waals surface area contributed by atoms with E-state index in [9.17, 15) is 28.8 Å². The van der Waals surface area contributed by atoms with Crippen LogP contribution in [0.2, 0.25) is 0 Å². The van der Waals surface area contributed by atoms with Gasteiger partial charge < -0.3 is 30.5 Å². The molecule has 0 atom stereocenters. The number of carbonyl (C=O) groups is 6. The molecule has 3 amide bonds. The molecule has 156 valence electrons. The van der Waals surface area contributed by atoms with Crippen LogP contribution in [0.25, 0.3) is 0 Å². The normalized spacial score (nSPS) is 9.20. The summed E-state index contributed by atoms with van der Waals surface area (Å²) in [5.41, 5.74) is 14.0. The van der Waals surface area contributed by atoms with Crippen molar-refractivity contribution in [2.24, 2.45) is 17.2 Å². The minimum absolute atomic E-state index is 0.0208. The molecule has 0 aromatic carbocycles. The van der Waals surface area contributed by atoms with E-state index in [2.05, 4.69) is 30.5 Å². The van der Waals surface area contributed by atoms with E-state index in [1.165, 1.54) is 55.2 Å². The number of hydrogen-bond donors (Lipinski definition) is 3. The molecule has 0 unspecified atom stereocenters. The van der Waals surface area contributed by atoms with Crippen LogP contribution in [0, 0.1) is 0 Å². The van der Waals surface area contributed by atoms with Crippen LogP contribution in [0.15, 0.2) is 68.4 Å². The zero-order valence-corrected chi connectivity index (χ0v) is 15.1. The molecule has 0 saturated heterocycles. The Balaban J connectivity index is 0.000000225. The molecular weight excluding hydrogens is 402 g/mol. The van der Waals surface area contributed by atoms with Crippen molar-refractivity contribution in [2.75, 3.05) is 0 Å². The van der Waals surface area contributed by atoms with Gasteiger partial charge in [-0.05, 0) is 36.4 Å². The predicted molar refractivity (Wildman–Crippen MR) is 96.7 cm³/mol. The van der Waals surface area contributed by atoms with Crippen molar-refractivity contribution in [1.29, 1.82) is 0 Å². The number of ketones is 3. The zero-order valence-electron chi connectivity index (χ0n) is 15.1. The number of nitrogens with two attached hydrogens (primary N) is 3. The van der Waals surface area contributed by atoms with E-state index < -0.39 is 35.1 Å². The average molecular weight is 417 g/mol. The predicted octanol–water partition coefficient (Wildman–Crippen LogP) is -0.157. The summed E-state index contributed by atoms with van der Waals surface area (Å²) in [5, 5.41) is 0. The molecule has 0 fully saturated rings. The Morgan fingerprint density at radius 3 is 0.867 bits per heavy atom. The summed E-state index contributed by atoms with van der Waals surface area (Å²) in [7, 11) is 0. The summed E-state index contributed by atoms with van der Waals surface area (Å²) < 4.78 is 13.8. The molecule has 0 bridgehead atoms. The molecule has 0 aliphatic carbocycles. The highest BCUT2D eigenvalue weighted by atomic mass is 16.3. The molecule has 3 aromatic rings. The second-order valence-electron chi connectivity index (χ2n) is 5.01. The number of amides is 3. The molecule has 3 rings (SSSR count). The molecule has 0 aliphatic heterocycles. The second kappa shape index (κ2) is 11.2. The van der Waals surface area contributed by atoms with Gasteiger partial charge in [-0.3, -0.25) is 28.8 Å². The highest BCUT2D eigenvalue weighted by Gasteiger charge is 2.15. The lowest BCUT2D eigenvalue weighted by Gasteiger charge is -1.86. The fourth-order valence-corrected chi connectivity index (χ4v) is 1.59. The lowest BCUT2D eigenvalue weighted by atomic mass is 10.3. The number of hydrogen-bond acceptors (Lipinski definition) is 9. The Kier molecular flexibility index (Phi) is 8.68. The Hall–Kier alpha value is -4.74. The lowest BCUT2D eigenvalue weighted by Crippen LogP contribution is -2.22. The number of primary amides is 3. The van der Waals surface area contributed by atoms with Crippen LogP contribution in [0.4, 0.5) is 0 Å². The van der Waals surface area contributed by atoms with Gasteiger partial charge in [-0.1, -0.05) is 0 Å². The van der Waals surface area contributed by atoms with E-state index in [4.69, 9.17) is 0 Å². The maximum absolute atomic E-state index is 10.6. The summed E-state index contributed by atoms with van der Waals surface area (Å²) in [5.74, 6) is -5.48. The topological polar surface area (TPSA) is 220 Å². The van der Waals surface area contributed by atoms with Gasteiger partial charge in [-0.2, -0.15) is 0 Å². The quantitative estimate of drug-likeness (QED) is 0.357. The van der Waals surface area contributed by atoms with Crippen LogP contribution in [0.3, 0.4) is 0 Å². The van der Waals surface area contributed by atoms with Gasteiger partial charge in [0.2, 0.25) is 0 Å². The van der Waals surface area contributed by atoms with Crippen molar-refractivity contribution in [2.45, 2.75) is 0 Å². The van der Waals surface area contributed by atoms with E-state index in [-0.39, 0.29) is 17.3 Å². The number of carbonyl (C=O) groups excluding carboxylic acids is 6. The van der Waals surface area contributed by atoms with E-state index in [0.29, 0.717) is 0 Å². The Bertz CT molecular complexity index is 884. The molecule has 12 heteroatoms. The molecule has 6 N–H and O–H groups in total. The molecule has 0 spiro atoms. The molecule has 12 nitrogen and oxygen atoms in total. The third kappa shape index (κ3) is 7.11. The number of Topliss-reactive ketones (excluding diaryl/α,β-unsaturated/α-hetero) is 3. The van der Waals surface area contributed by atoms with E-state index in [1.54, 1.807) is 0 Å². The lowest BCUT2D eigenvalue weighted by molar-refractivity contribution is -0.114. The first-order chi connectivity index (χ1) is 14.1. The smallest absolute Gasteiger partial charge is 0.293 e. The van der Waals surface area contributed by atoms with Crippen LogP contribution < -0.4 is 17.2 Å². The van der Waals surface area contributed by atoms with Gasteiger partial charge >= 0.3 is 0 Å². The summed E-state index contributed by atoms with van der Waals surface area (Å²) >= 11 is 0. The van der Waals surface area contributed by atoms with Crippen LogP contribution in [-0.4, -0.2) is 35.1 Å². The Labute approximate surface area is 167 Å². The fraction of sp³-hybridized carbons (Fsp3) is 0. The van der Waals surface area contributed by atoms with Crippen molar-refractivity contribution in [3.63, 3.8) is 0 Å². The molecule has 0 saturated carbocycles. The highest BCUT2D eigenvalue weighted by molar-refractivity contribution is 6.42. The summed E-state index contributed by atoms with van der Waals surface area (Å²) in [6.45, 7) is 0. The van der Waals surface area contributed by atoms with Gasteiger partial charge in [0, 0.05) is 0 Å². The Morgan fingerprint density at radius 2 is 0.733 bits per heavy atom. The van der Waals surface area contributed by atoms with Gasteiger partial charge in [-0.25, -0.2) is 0 Å². The van der Waals surface area contributed by atoms with Crippen molar-refractivity contribution < 1.29 is 42.0 Å². The molecule has 0 aliphatic rings. The second-order valence-corrected chi connectivity index (χ2v) is 5.01. The van der Waals surface area contributed by atoms with E-state index in [0.717, 1.165) is 0 Å². The van der Waals surface area contributed by atoms with Crippen LogP contribution in [0.5, 0.6) is 0 Å². The minimum Gasteiger partial charge on any atom is -0.461 e. The molecular formula is C18H15N3O9. The minimum atomic E-state index is -1.00. The van der Waals surface area contributed by atoms with Gasteiger partial charge in [0.25, 0.3) is 35.1 Å².